The molecular weight excluding hydrogens is 450 g/mol. The van der Waals surface area contributed by atoms with Crippen LogP contribution in [0, 0.1) is 6.92 Å². The number of carbonyl (C=O) groups is 4. The largest absolute Gasteiger partial charge is 0.450 e. The average Bonchev–Trinajstić information content (AvgIpc) is 3.24. The quantitative estimate of drug-likeness (QED) is 0.380. The highest BCUT2D eigenvalue weighted by atomic mass is 16.5. The van der Waals surface area contributed by atoms with Crippen LogP contribution in [0.25, 0.3) is 5.69 Å². The Morgan fingerprint density at radius 3 is 2.43 bits per heavy atom. The summed E-state index contributed by atoms with van der Waals surface area (Å²) in [7, 11) is 0. The molecule has 10 nitrogen and oxygen atoms in total. The number of alkyl carbamates (subject to hydrolysis) is 1. The second-order valence-corrected chi connectivity index (χ2v) is 7.77. The molecule has 0 fully saturated rings. The lowest BCUT2D eigenvalue weighted by Gasteiger charge is -2.17. The molecule has 0 aliphatic heterocycles. The van der Waals surface area contributed by atoms with Gasteiger partial charge in [-0.25, -0.2) is 9.48 Å². The number of benzene rings is 2. The topological polar surface area (TPSA) is 145 Å². The number of hydrogen-bond donors (Lipinski definition) is 3. The molecule has 0 saturated heterocycles. The fourth-order valence-electron chi connectivity index (χ4n) is 3.48. The van der Waals surface area contributed by atoms with Crippen LogP contribution in [0.4, 0.5) is 4.79 Å². The minimum absolute atomic E-state index is 0.108. The molecule has 0 aliphatic carbocycles. The summed E-state index contributed by atoms with van der Waals surface area (Å²) in [6.07, 6.45) is -0.423. The van der Waals surface area contributed by atoms with E-state index in [1.54, 1.807) is 62.4 Å². The van der Waals surface area contributed by atoms with Crippen LogP contribution in [0.3, 0.4) is 0 Å². The SMILES string of the molecule is CCOC(=O)NCc1cccc(-n2nc(C)cc2C(=O)N[C@@H](Cc2ccccc2)C(=O)C(N)=O)c1. The van der Waals surface area contributed by atoms with Gasteiger partial charge >= 0.3 is 6.09 Å². The van der Waals surface area contributed by atoms with Crippen molar-refractivity contribution in [1.82, 2.24) is 20.4 Å². The van der Waals surface area contributed by atoms with Crippen LogP contribution in [-0.2, 0) is 27.3 Å². The maximum atomic E-state index is 13.2. The van der Waals surface area contributed by atoms with Crippen molar-refractivity contribution >= 4 is 23.7 Å². The number of nitrogens with one attached hydrogen (secondary N) is 2. The molecule has 182 valence electrons. The van der Waals surface area contributed by atoms with Crippen LogP contribution in [-0.4, -0.2) is 46.1 Å². The third-order valence-electron chi connectivity index (χ3n) is 5.08. The first-order valence-electron chi connectivity index (χ1n) is 11.0. The molecular formula is C25H27N5O5. The zero-order valence-corrected chi connectivity index (χ0v) is 19.5. The molecule has 1 heterocycles. The third kappa shape index (κ3) is 6.76. The summed E-state index contributed by atoms with van der Waals surface area (Å²) in [4.78, 5) is 48.8. The van der Waals surface area contributed by atoms with E-state index in [0.29, 0.717) is 11.4 Å². The zero-order chi connectivity index (χ0) is 25.4. The van der Waals surface area contributed by atoms with Crippen molar-refractivity contribution < 1.29 is 23.9 Å². The number of ketones is 1. The average molecular weight is 478 g/mol. The van der Waals surface area contributed by atoms with Crippen molar-refractivity contribution in [2.75, 3.05) is 6.61 Å². The van der Waals surface area contributed by atoms with Gasteiger partial charge in [-0.2, -0.15) is 5.10 Å². The molecule has 3 amide bonds. The number of nitrogens with two attached hydrogens (primary N) is 1. The van der Waals surface area contributed by atoms with E-state index in [2.05, 4.69) is 15.7 Å². The summed E-state index contributed by atoms with van der Waals surface area (Å²) in [5.41, 5.74) is 8.07. The van der Waals surface area contributed by atoms with Crippen molar-refractivity contribution in [3.8, 4) is 5.69 Å². The second-order valence-electron chi connectivity index (χ2n) is 7.77. The molecule has 0 radical (unpaired) electrons. The Balaban J connectivity index is 1.84. The second kappa shape index (κ2) is 11.6. The maximum Gasteiger partial charge on any atom is 0.407 e. The molecule has 1 atom stereocenters. The number of aryl methyl sites for hydroxylation is 1. The minimum atomic E-state index is -1.13. The van der Waals surface area contributed by atoms with E-state index < -0.39 is 29.7 Å². The first-order valence-corrected chi connectivity index (χ1v) is 11.0. The number of nitrogens with zero attached hydrogens (tertiary/aromatic N) is 2. The number of rotatable bonds is 10. The number of Topliss-reactive ketones (excluding diaryl/α,β-unsaturated/α-hetero) is 1. The van der Waals surface area contributed by atoms with E-state index in [4.69, 9.17) is 10.5 Å². The Morgan fingerprint density at radius 2 is 1.74 bits per heavy atom. The molecule has 35 heavy (non-hydrogen) atoms. The lowest BCUT2D eigenvalue weighted by atomic mass is 10.0. The number of aromatic nitrogens is 2. The summed E-state index contributed by atoms with van der Waals surface area (Å²) >= 11 is 0. The Kier molecular flexibility index (Phi) is 8.33. The first kappa shape index (κ1) is 25.2. The highest BCUT2D eigenvalue weighted by molar-refractivity contribution is 6.38. The van der Waals surface area contributed by atoms with Gasteiger partial charge in [0.25, 0.3) is 11.8 Å². The fourth-order valence-corrected chi connectivity index (χ4v) is 3.48. The molecule has 2 aromatic carbocycles. The summed E-state index contributed by atoms with van der Waals surface area (Å²) in [6.45, 7) is 3.94. The molecule has 3 rings (SSSR count). The van der Waals surface area contributed by atoms with E-state index in [0.717, 1.165) is 11.1 Å². The molecule has 0 saturated carbocycles. The van der Waals surface area contributed by atoms with Gasteiger partial charge in [-0.15, -0.1) is 0 Å². The minimum Gasteiger partial charge on any atom is -0.450 e. The maximum absolute atomic E-state index is 13.2. The molecule has 4 N–H and O–H groups in total. The fraction of sp³-hybridized carbons (Fsp3) is 0.240. The van der Waals surface area contributed by atoms with Crippen LogP contribution in [0.1, 0.15) is 34.2 Å². The summed E-state index contributed by atoms with van der Waals surface area (Å²) in [6, 6.07) is 16.5. The van der Waals surface area contributed by atoms with Gasteiger partial charge < -0.3 is 21.1 Å². The zero-order valence-electron chi connectivity index (χ0n) is 19.5. The molecule has 1 aromatic heterocycles. The Bertz CT molecular complexity index is 1220. The molecule has 0 unspecified atom stereocenters. The molecule has 0 bridgehead atoms. The molecule has 0 spiro atoms. The van der Waals surface area contributed by atoms with E-state index in [9.17, 15) is 19.2 Å². The number of primary amides is 1. The van der Waals surface area contributed by atoms with Gasteiger partial charge in [-0.3, -0.25) is 14.4 Å². The Labute approximate surface area is 202 Å². The standard InChI is InChI=1S/C25H27N5O5/c1-3-35-25(34)27-15-18-10-7-11-19(13-18)30-21(12-16(2)29-30)24(33)28-20(22(31)23(26)32)14-17-8-5-4-6-9-17/h4-13,20H,3,14-15H2,1-2H3,(H2,26,32)(H,27,34)(H,28,33)/t20-/m0/s1. The predicted molar refractivity (Wildman–Crippen MR) is 128 cm³/mol. The van der Waals surface area contributed by atoms with Crippen LogP contribution >= 0.6 is 0 Å². The Morgan fingerprint density at radius 1 is 1.03 bits per heavy atom. The van der Waals surface area contributed by atoms with Gasteiger partial charge in [0.15, 0.2) is 0 Å². The van der Waals surface area contributed by atoms with Crippen molar-refractivity contribution in [3.63, 3.8) is 0 Å². The van der Waals surface area contributed by atoms with Crippen LogP contribution in [0.15, 0.2) is 60.7 Å². The van der Waals surface area contributed by atoms with Crippen molar-refractivity contribution in [3.05, 3.63) is 83.2 Å². The van der Waals surface area contributed by atoms with E-state index >= 15 is 0 Å². The molecule has 10 heteroatoms. The lowest BCUT2D eigenvalue weighted by molar-refractivity contribution is -0.137. The monoisotopic (exact) mass is 477 g/mol. The Hall–Kier alpha value is -4.47. The van der Waals surface area contributed by atoms with Crippen LogP contribution in [0.5, 0.6) is 0 Å². The van der Waals surface area contributed by atoms with Gasteiger partial charge in [0.2, 0.25) is 5.78 Å². The van der Waals surface area contributed by atoms with Gasteiger partial charge in [-0.05, 0) is 43.2 Å². The normalized spacial score (nSPS) is 11.4. The predicted octanol–water partition coefficient (Wildman–Crippen LogP) is 1.82. The lowest BCUT2D eigenvalue weighted by Crippen LogP contribution is -2.47. The molecule has 0 aliphatic rings. The van der Waals surface area contributed by atoms with E-state index in [1.165, 1.54) is 4.68 Å². The van der Waals surface area contributed by atoms with Gasteiger partial charge in [0.1, 0.15) is 11.7 Å². The number of amides is 3. The summed E-state index contributed by atoms with van der Waals surface area (Å²) < 4.78 is 6.30. The van der Waals surface area contributed by atoms with E-state index in [-0.39, 0.29) is 25.3 Å². The van der Waals surface area contributed by atoms with Gasteiger partial charge in [0, 0.05) is 13.0 Å². The number of ether oxygens (including phenoxy) is 1. The van der Waals surface area contributed by atoms with Crippen molar-refractivity contribution in [2.24, 2.45) is 5.73 Å². The van der Waals surface area contributed by atoms with E-state index in [1.807, 2.05) is 12.1 Å². The first-order chi connectivity index (χ1) is 16.8. The third-order valence-corrected chi connectivity index (χ3v) is 5.08. The highest BCUT2D eigenvalue weighted by Gasteiger charge is 2.27. The van der Waals surface area contributed by atoms with Crippen LogP contribution < -0.4 is 16.4 Å². The highest BCUT2D eigenvalue weighted by Crippen LogP contribution is 2.16. The number of carbonyl (C=O) groups excluding carboxylic acids is 4. The van der Waals surface area contributed by atoms with Crippen LogP contribution in [0.2, 0.25) is 0 Å². The van der Waals surface area contributed by atoms with Crippen molar-refractivity contribution in [1.29, 1.82) is 0 Å². The smallest absolute Gasteiger partial charge is 0.407 e. The van der Waals surface area contributed by atoms with Gasteiger partial charge in [0.05, 0.1) is 18.0 Å². The number of hydrogen-bond acceptors (Lipinski definition) is 6. The summed E-state index contributed by atoms with van der Waals surface area (Å²) in [5, 5.41) is 9.68. The molecule has 3 aromatic rings. The van der Waals surface area contributed by atoms with Gasteiger partial charge in [-0.1, -0.05) is 42.5 Å². The van der Waals surface area contributed by atoms with Crippen molar-refractivity contribution in [2.45, 2.75) is 32.9 Å². The summed E-state index contributed by atoms with van der Waals surface area (Å²) in [5.74, 6) is -2.61.